The van der Waals surface area contributed by atoms with E-state index in [2.05, 4.69) is 20.4 Å². The Morgan fingerprint density at radius 2 is 2.17 bits per heavy atom. The van der Waals surface area contributed by atoms with Crippen LogP contribution < -0.4 is 16.0 Å². The molecule has 0 saturated carbocycles. The quantitative estimate of drug-likeness (QED) is 0.793. The minimum absolute atomic E-state index is 0.0578. The van der Waals surface area contributed by atoms with Crippen molar-refractivity contribution in [3.63, 3.8) is 0 Å². The van der Waals surface area contributed by atoms with Gasteiger partial charge >= 0.3 is 0 Å². The average Bonchev–Trinajstić information content (AvgIpc) is 2.92. The molecule has 6 nitrogen and oxygen atoms in total. The van der Waals surface area contributed by atoms with Crippen molar-refractivity contribution in [1.29, 1.82) is 0 Å². The second kappa shape index (κ2) is 5.77. The number of hydrogen-bond donors (Lipinski definition) is 2. The molecule has 2 heterocycles. The number of amides is 1. The fraction of sp³-hybridized carbons (Fsp3) is 0.583. The first-order valence-corrected chi connectivity index (χ1v) is 6.30. The van der Waals surface area contributed by atoms with Gasteiger partial charge in [-0.2, -0.15) is 0 Å². The van der Waals surface area contributed by atoms with Crippen LogP contribution in [0.15, 0.2) is 12.1 Å². The Balaban J connectivity index is 2.00. The summed E-state index contributed by atoms with van der Waals surface area (Å²) < 4.78 is 0. The molecule has 3 N–H and O–H groups in total. The van der Waals surface area contributed by atoms with Gasteiger partial charge < -0.3 is 16.0 Å². The van der Waals surface area contributed by atoms with Gasteiger partial charge in [-0.05, 0) is 31.9 Å². The maximum atomic E-state index is 11.8. The maximum absolute atomic E-state index is 11.8. The average molecular weight is 249 g/mol. The van der Waals surface area contributed by atoms with Gasteiger partial charge in [0, 0.05) is 25.7 Å². The van der Waals surface area contributed by atoms with Crippen molar-refractivity contribution in [2.45, 2.75) is 25.8 Å². The van der Waals surface area contributed by atoms with Gasteiger partial charge in [-0.15, -0.1) is 10.2 Å². The predicted molar refractivity (Wildman–Crippen MR) is 69.5 cm³/mol. The van der Waals surface area contributed by atoms with E-state index in [1.807, 2.05) is 13.0 Å². The second-order valence-corrected chi connectivity index (χ2v) is 4.58. The minimum atomic E-state index is -0.228. The molecule has 2 rings (SSSR count). The van der Waals surface area contributed by atoms with Crippen LogP contribution in [0.2, 0.25) is 0 Å². The zero-order valence-corrected chi connectivity index (χ0v) is 10.6. The maximum Gasteiger partial charge on any atom is 0.272 e. The molecular weight excluding hydrogens is 230 g/mol. The van der Waals surface area contributed by atoms with E-state index in [1.54, 1.807) is 6.07 Å². The summed E-state index contributed by atoms with van der Waals surface area (Å²) in [6.07, 6.45) is 2.38. The third-order valence-corrected chi connectivity index (χ3v) is 3.04. The summed E-state index contributed by atoms with van der Waals surface area (Å²) in [4.78, 5) is 13.9. The number of aromatic nitrogens is 2. The zero-order valence-electron chi connectivity index (χ0n) is 10.6. The molecule has 1 aliphatic rings. The van der Waals surface area contributed by atoms with Crippen LogP contribution >= 0.6 is 0 Å². The summed E-state index contributed by atoms with van der Waals surface area (Å²) in [6.45, 7) is 4.30. The highest BCUT2D eigenvalue weighted by atomic mass is 16.2. The lowest BCUT2D eigenvalue weighted by atomic mass is 10.3. The molecule has 0 unspecified atom stereocenters. The molecule has 0 radical (unpaired) electrons. The van der Waals surface area contributed by atoms with Crippen LogP contribution in [0.4, 0.5) is 5.82 Å². The molecule has 18 heavy (non-hydrogen) atoms. The Morgan fingerprint density at radius 3 is 2.72 bits per heavy atom. The molecule has 1 aromatic heterocycles. The van der Waals surface area contributed by atoms with E-state index in [0.717, 1.165) is 18.9 Å². The Kier molecular flexibility index (Phi) is 4.09. The zero-order chi connectivity index (χ0) is 13.0. The van der Waals surface area contributed by atoms with Gasteiger partial charge in [-0.25, -0.2) is 0 Å². The summed E-state index contributed by atoms with van der Waals surface area (Å²) >= 11 is 0. The van der Waals surface area contributed by atoms with E-state index < -0.39 is 0 Å². The van der Waals surface area contributed by atoms with Crippen molar-refractivity contribution in [1.82, 2.24) is 15.5 Å². The van der Waals surface area contributed by atoms with Crippen molar-refractivity contribution in [3.05, 3.63) is 17.8 Å². The summed E-state index contributed by atoms with van der Waals surface area (Å²) in [5, 5.41) is 10.8. The molecule has 1 aromatic rings. The van der Waals surface area contributed by atoms with E-state index >= 15 is 0 Å². The number of anilines is 1. The van der Waals surface area contributed by atoms with Gasteiger partial charge in [-0.1, -0.05) is 0 Å². The fourth-order valence-electron chi connectivity index (χ4n) is 1.92. The van der Waals surface area contributed by atoms with E-state index in [-0.39, 0.29) is 11.9 Å². The smallest absolute Gasteiger partial charge is 0.272 e. The molecule has 0 bridgehead atoms. The highest BCUT2D eigenvalue weighted by Crippen LogP contribution is 2.16. The fourth-order valence-corrected chi connectivity index (χ4v) is 1.92. The Bertz CT molecular complexity index is 399. The van der Waals surface area contributed by atoms with Crippen molar-refractivity contribution < 1.29 is 4.79 Å². The third-order valence-electron chi connectivity index (χ3n) is 3.04. The van der Waals surface area contributed by atoms with Crippen LogP contribution in [0.25, 0.3) is 0 Å². The van der Waals surface area contributed by atoms with E-state index in [0.29, 0.717) is 12.2 Å². The van der Waals surface area contributed by atoms with Gasteiger partial charge in [0.05, 0.1) is 0 Å². The molecule has 1 atom stereocenters. The third kappa shape index (κ3) is 2.95. The van der Waals surface area contributed by atoms with Crippen LogP contribution in [0, 0.1) is 0 Å². The number of carbonyl (C=O) groups excluding carboxylic acids is 1. The largest absolute Gasteiger partial charge is 0.355 e. The molecule has 1 saturated heterocycles. The lowest BCUT2D eigenvalue weighted by Crippen LogP contribution is -2.38. The number of carbonyl (C=O) groups is 1. The van der Waals surface area contributed by atoms with Crippen LogP contribution in [0.1, 0.15) is 30.3 Å². The van der Waals surface area contributed by atoms with Crippen LogP contribution in [0.5, 0.6) is 0 Å². The molecule has 1 fully saturated rings. The summed E-state index contributed by atoms with van der Waals surface area (Å²) in [6, 6.07) is 3.50. The number of nitrogens with zero attached hydrogens (tertiary/aromatic N) is 3. The predicted octanol–water partition coefficient (Wildman–Crippen LogP) is 0.154. The number of nitrogens with one attached hydrogen (secondary N) is 1. The molecule has 98 valence electrons. The monoisotopic (exact) mass is 249 g/mol. The Hall–Kier alpha value is -1.69. The first-order chi connectivity index (χ1) is 8.70. The molecule has 0 aliphatic carbocycles. The molecule has 0 spiro atoms. The molecule has 0 aromatic carbocycles. The van der Waals surface area contributed by atoms with Crippen LogP contribution in [0.3, 0.4) is 0 Å². The summed E-state index contributed by atoms with van der Waals surface area (Å²) in [5.74, 6) is 0.615. The highest BCUT2D eigenvalue weighted by molar-refractivity contribution is 5.92. The SMILES string of the molecule is C[C@@H](CN)NC(=O)c1ccc(N2CCCC2)nn1. The van der Waals surface area contributed by atoms with Gasteiger partial charge in [0.25, 0.3) is 5.91 Å². The van der Waals surface area contributed by atoms with Crippen LogP contribution in [-0.4, -0.2) is 41.8 Å². The lowest BCUT2D eigenvalue weighted by molar-refractivity contribution is 0.0935. The van der Waals surface area contributed by atoms with Gasteiger partial charge in [0.1, 0.15) is 0 Å². The van der Waals surface area contributed by atoms with Gasteiger partial charge in [-0.3, -0.25) is 4.79 Å². The van der Waals surface area contributed by atoms with Gasteiger partial charge in [0.15, 0.2) is 11.5 Å². The van der Waals surface area contributed by atoms with Crippen molar-refractivity contribution in [3.8, 4) is 0 Å². The Morgan fingerprint density at radius 1 is 1.44 bits per heavy atom. The van der Waals surface area contributed by atoms with Crippen molar-refractivity contribution in [2.75, 3.05) is 24.5 Å². The number of nitrogens with two attached hydrogens (primary N) is 1. The second-order valence-electron chi connectivity index (χ2n) is 4.58. The van der Waals surface area contributed by atoms with Gasteiger partial charge in [0.2, 0.25) is 0 Å². The minimum Gasteiger partial charge on any atom is -0.355 e. The molecule has 6 heteroatoms. The van der Waals surface area contributed by atoms with Crippen molar-refractivity contribution >= 4 is 11.7 Å². The van der Waals surface area contributed by atoms with E-state index in [4.69, 9.17) is 5.73 Å². The summed E-state index contributed by atoms with van der Waals surface area (Å²) in [5.41, 5.74) is 5.78. The number of rotatable bonds is 4. The number of hydrogen-bond acceptors (Lipinski definition) is 5. The first kappa shape index (κ1) is 12.8. The molecular formula is C12H19N5O. The Labute approximate surface area is 107 Å². The summed E-state index contributed by atoms with van der Waals surface area (Å²) in [7, 11) is 0. The first-order valence-electron chi connectivity index (χ1n) is 6.30. The molecule has 1 aliphatic heterocycles. The van der Waals surface area contributed by atoms with Crippen molar-refractivity contribution in [2.24, 2.45) is 5.73 Å². The standard InChI is InChI=1S/C12H19N5O/c1-9(8-13)14-12(18)10-4-5-11(16-15-10)17-6-2-3-7-17/h4-5,9H,2-3,6-8,13H2,1H3,(H,14,18)/t9-/m0/s1. The highest BCUT2D eigenvalue weighted by Gasteiger charge is 2.15. The van der Waals surface area contributed by atoms with E-state index in [1.165, 1.54) is 12.8 Å². The van der Waals surface area contributed by atoms with Crippen LogP contribution in [-0.2, 0) is 0 Å². The van der Waals surface area contributed by atoms with E-state index in [9.17, 15) is 4.79 Å². The lowest BCUT2D eigenvalue weighted by Gasteiger charge is -2.15. The molecule has 1 amide bonds. The normalized spacial score (nSPS) is 16.7. The topological polar surface area (TPSA) is 84.1 Å².